The van der Waals surface area contributed by atoms with E-state index in [1.807, 2.05) is 6.92 Å². The number of nitrogens with zero attached hydrogens (tertiary/aromatic N) is 2. The molecule has 5 heteroatoms. The normalized spacial score (nSPS) is 12.4. The Morgan fingerprint density at radius 3 is 2.78 bits per heavy atom. The quantitative estimate of drug-likeness (QED) is 0.929. The van der Waals surface area contributed by atoms with Crippen LogP contribution in [0.3, 0.4) is 0 Å². The number of benzene rings is 1. The highest BCUT2D eigenvalue weighted by Gasteiger charge is 2.13. The fraction of sp³-hybridized carbons (Fsp3) is 0.231. The van der Waals surface area contributed by atoms with Crippen molar-refractivity contribution in [3.63, 3.8) is 0 Å². The van der Waals surface area contributed by atoms with Crippen molar-refractivity contribution in [1.29, 1.82) is 0 Å². The first-order chi connectivity index (χ1) is 8.56. The predicted molar refractivity (Wildman–Crippen MR) is 66.8 cm³/mol. The molecular weight excluding hydrogens is 255 g/mol. The van der Waals surface area contributed by atoms with Gasteiger partial charge in [-0.15, -0.1) is 0 Å². The zero-order chi connectivity index (χ0) is 13.1. The first kappa shape index (κ1) is 12.9. The molecule has 94 valence electrons. The molecule has 0 fully saturated rings. The molecule has 18 heavy (non-hydrogen) atoms. The van der Waals surface area contributed by atoms with Crippen molar-refractivity contribution < 1.29 is 9.50 Å². The maximum Gasteiger partial charge on any atom is 0.123 e. The predicted octanol–water partition coefficient (Wildman–Crippen LogP) is 2.85. The van der Waals surface area contributed by atoms with Crippen molar-refractivity contribution in [2.24, 2.45) is 0 Å². The SMILES string of the molecule is Cc1cnc(C(O)Cc2cc(F)ccc2Cl)cn1. The average molecular weight is 267 g/mol. The fourth-order valence-electron chi connectivity index (χ4n) is 1.59. The topological polar surface area (TPSA) is 46.0 Å². The third-order valence-corrected chi connectivity index (χ3v) is 2.93. The Morgan fingerprint density at radius 2 is 2.11 bits per heavy atom. The Hall–Kier alpha value is -1.52. The third kappa shape index (κ3) is 3.03. The van der Waals surface area contributed by atoms with Crippen LogP contribution in [0.25, 0.3) is 0 Å². The highest BCUT2D eigenvalue weighted by molar-refractivity contribution is 6.31. The van der Waals surface area contributed by atoms with Gasteiger partial charge in [-0.1, -0.05) is 11.6 Å². The summed E-state index contributed by atoms with van der Waals surface area (Å²) in [5.41, 5.74) is 1.77. The molecule has 1 aromatic carbocycles. The van der Waals surface area contributed by atoms with Crippen LogP contribution in [0.15, 0.2) is 30.6 Å². The van der Waals surface area contributed by atoms with Crippen LogP contribution in [0.2, 0.25) is 5.02 Å². The lowest BCUT2D eigenvalue weighted by Gasteiger charge is -2.11. The number of rotatable bonds is 3. The summed E-state index contributed by atoms with van der Waals surface area (Å²) in [5.74, 6) is -0.378. The summed E-state index contributed by atoms with van der Waals surface area (Å²) in [6.07, 6.45) is 2.44. The zero-order valence-electron chi connectivity index (χ0n) is 9.77. The third-order valence-electron chi connectivity index (χ3n) is 2.56. The maximum atomic E-state index is 13.1. The van der Waals surface area contributed by atoms with Gasteiger partial charge in [0.2, 0.25) is 0 Å². The molecule has 0 spiro atoms. The molecular formula is C13H12ClFN2O. The molecule has 1 atom stereocenters. The molecule has 1 aromatic heterocycles. The van der Waals surface area contributed by atoms with Crippen molar-refractivity contribution in [2.75, 3.05) is 0 Å². The van der Waals surface area contributed by atoms with E-state index in [4.69, 9.17) is 11.6 Å². The molecule has 2 aromatic rings. The lowest BCUT2D eigenvalue weighted by molar-refractivity contribution is 0.173. The Morgan fingerprint density at radius 1 is 1.33 bits per heavy atom. The molecule has 3 nitrogen and oxygen atoms in total. The molecule has 0 radical (unpaired) electrons. The average Bonchev–Trinajstić information content (AvgIpc) is 2.34. The number of hydrogen-bond donors (Lipinski definition) is 1. The molecule has 0 bridgehead atoms. The van der Waals surface area contributed by atoms with Gasteiger partial charge in [0, 0.05) is 17.6 Å². The summed E-state index contributed by atoms with van der Waals surface area (Å²) >= 11 is 5.94. The summed E-state index contributed by atoms with van der Waals surface area (Å²) in [4.78, 5) is 8.13. The molecule has 2 rings (SSSR count). The fourth-order valence-corrected chi connectivity index (χ4v) is 1.78. The van der Waals surface area contributed by atoms with E-state index in [-0.39, 0.29) is 12.2 Å². The number of aromatic nitrogens is 2. The smallest absolute Gasteiger partial charge is 0.123 e. The van der Waals surface area contributed by atoms with Gasteiger partial charge in [-0.25, -0.2) is 4.39 Å². The summed E-state index contributed by atoms with van der Waals surface area (Å²) in [6, 6.07) is 4.07. The van der Waals surface area contributed by atoms with Crippen molar-refractivity contribution in [3.05, 3.63) is 58.4 Å². The number of aryl methyl sites for hydroxylation is 1. The van der Waals surface area contributed by atoms with Gasteiger partial charge in [-0.3, -0.25) is 9.97 Å². The van der Waals surface area contributed by atoms with Gasteiger partial charge in [-0.05, 0) is 30.7 Å². The molecule has 1 heterocycles. The second-order valence-electron chi connectivity index (χ2n) is 4.04. The van der Waals surface area contributed by atoms with E-state index in [9.17, 15) is 9.50 Å². The first-order valence-electron chi connectivity index (χ1n) is 5.47. The molecule has 0 saturated heterocycles. The van der Waals surface area contributed by atoms with Gasteiger partial charge < -0.3 is 5.11 Å². The zero-order valence-corrected chi connectivity index (χ0v) is 10.5. The molecule has 0 aliphatic heterocycles. The van der Waals surface area contributed by atoms with Crippen molar-refractivity contribution in [1.82, 2.24) is 9.97 Å². The summed E-state index contributed by atoms with van der Waals surface area (Å²) < 4.78 is 13.1. The summed E-state index contributed by atoms with van der Waals surface area (Å²) in [6.45, 7) is 1.81. The van der Waals surface area contributed by atoms with Crippen molar-refractivity contribution in [3.8, 4) is 0 Å². The van der Waals surface area contributed by atoms with Crippen LogP contribution < -0.4 is 0 Å². The molecule has 1 unspecified atom stereocenters. The number of hydrogen-bond acceptors (Lipinski definition) is 3. The second kappa shape index (κ2) is 5.42. The van der Waals surface area contributed by atoms with E-state index in [0.717, 1.165) is 5.69 Å². The van der Waals surface area contributed by atoms with Crippen LogP contribution in [0.4, 0.5) is 4.39 Å². The van der Waals surface area contributed by atoms with Crippen LogP contribution in [-0.4, -0.2) is 15.1 Å². The molecule has 0 saturated carbocycles. The van der Waals surface area contributed by atoms with Crippen LogP contribution in [-0.2, 0) is 6.42 Å². The van der Waals surface area contributed by atoms with Gasteiger partial charge >= 0.3 is 0 Å². The van der Waals surface area contributed by atoms with Gasteiger partial charge in [0.1, 0.15) is 11.9 Å². The Balaban J connectivity index is 2.18. The molecule has 0 aliphatic carbocycles. The highest BCUT2D eigenvalue weighted by Crippen LogP contribution is 2.23. The minimum Gasteiger partial charge on any atom is -0.386 e. The van der Waals surface area contributed by atoms with E-state index in [1.54, 1.807) is 6.20 Å². The molecule has 0 aliphatic rings. The number of aliphatic hydroxyl groups is 1. The molecule has 1 N–H and O–H groups in total. The monoisotopic (exact) mass is 266 g/mol. The van der Waals surface area contributed by atoms with Crippen LogP contribution in [0, 0.1) is 12.7 Å². The Kier molecular flexibility index (Phi) is 3.89. The van der Waals surface area contributed by atoms with Gasteiger partial charge in [0.25, 0.3) is 0 Å². The van der Waals surface area contributed by atoms with Crippen molar-refractivity contribution >= 4 is 11.6 Å². The van der Waals surface area contributed by atoms with E-state index in [2.05, 4.69) is 9.97 Å². The van der Waals surface area contributed by atoms with Gasteiger partial charge in [-0.2, -0.15) is 0 Å². The van der Waals surface area contributed by atoms with E-state index in [0.29, 0.717) is 16.3 Å². The minimum absolute atomic E-state index is 0.203. The Labute approximate surface area is 109 Å². The Bertz CT molecular complexity index is 545. The second-order valence-corrected chi connectivity index (χ2v) is 4.45. The molecule has 0 amide bonds. The van der Waals surface area contributed by atoms with E-state index < -0.39 is 6.10 Å². The van der Waals surface area contributed by atoms with Crippen molar-refractivity contribution in [2.45, 2.75) is 19.4 Å². The summed E-state index contributed by atoms with van der Waals surface area (Å²) in [5, 5.41) is 10.4. The van der Waals surface area contributed by atoms with Gasteiger partial charge in [0.05, 0.1) is 17.6 Å². The van der Waals surface area contributed by atoms with Crippen LogP contribution in [0.5, 0.6) is 0 Å². The minimum atomic E-state index is -0.850. The first-order valence-corrected chi connectivity index (χ1v) is 5.84. The summed E-state index contributed by atoms with van der Waals surface area (Å²) in [7, 11) is 0. The van der Waals surface area contributed by atoms with Crippen LogP contribution >= 0.6 is 11.6 Å². The lowest BCUT2D eigenvalue weighted by atomic mass is 10.1. The highest BCUT2D eigenvalue weighted by atomic mass is 35.5. The van der Waals surface area contributed by atoms with E-state index in [1.165, 1.54) is 24.4 Å². The van der Waals surface area contributed by atoms with Crippen LogP contribution in [0.1, 0.15) is 23.1 Å². The van der Waals surface area contributed by atoms with E-state index >= 15 is 0 Å². The maximum absolute atomic E-state index is 13.1. The largest absolute Gasteiger partial charge is 0.386 e. The number of halogens is 2. The standard InChI is InChI=1S/C13H12ClFN2O/c1-8-6-17-12(7-16-8)13(18)5-9-4-10(15)2-3-11(9)14/h2-4,6-7,13,18H,5H2,1H3. The number of aliphatic hydroxyl groups excluding tert-OH is 1. The lowest BCUT2D eigenvalue weighted by Crippen LogP contribution is -2.05. The van der Waals surface area contributed by atoms with Gasteiger partial charge in [0.15, 0.2) is 0 Å².